The Kier molecular flexibility index (Phi) is 7.78. The molecule has 3 rings (SSSR count). The second-order valence-corrected chi connectivity index (χ2v) is 6.73. The van der Waals surface area contributed by atoms with Crippen LogP contribution >= 0.6 is 12.4 Å². The number of halogens is 1. The molecule has 1 aliphatic rings. The Labute approximate surface area is 166 Å². The quantitative estimate of drug-likeness (QED) is 0.712. The normalized spacial score (nSPS) is 15.9. The highest BCUT2D eigenvalue weighted by molar-refractivity contribution is 5.85. The van der Waals surface area contributed by atoms with Crippen LogP contribution in [0.25, 0.3) is 0 Å². The highest BCUT2D eigenvalue weighted by Crippen LogP contribution is 2.41. The molecule has 148 valence electrons. The zero-order valence-corrected chi connectivity index (χ0v) is 16.6. The summed E-state index contributed by atoms with van der Waals surface area (Å²) in [6.45, 7) is 0.412. The average Bonchev–Trinajstić information content (AvgIpc) is 2.64. The lowest BCUT2D eigenvalue weighted by Gasteiger charge is -2.34. The van der Waals surface area contributed by atoms with Crippen molar-refractivity contribution >= 4 is 12.4 Å². The number of benzene rings is 2. The number of ether oxygens (including phenoxy) is 3. The molecule has 2 aromatic rings. The van der Waals surface area contributed by atoms with Crippen molar-refractivity contribution in [1.82, 2.24) is 0 Å². The van der Waals surface area contributed by atoms with Crippen LogP contribution in [0.3, 0.4) is 0 Å². The van der Waals surface area contributed by atoms with Gasteiger partial charge in [0.25, 0.3) is 0 Å². The summed E-state index contributed by atoms with van der Waals surface area (Å²) in [5, 5.41) is 10.6. The highest BCUT2D eigenvalue weighted by atomic mass is 35.5. The lowest BCUT2D eigenvalue weighted by molar-refractivity contribution is 0.0404. The second-order valence-electron chi connectivity index (χ2n) is 6.73. The summed E-state index contributed by atoms with van der Waals surface area (Å²) in [7, 11) is 3.17. The van der Waals surface area contributed by atoms with E-state index in [4.69, 9.17) is 19.9 Å². The SMILES string of the molecule is COc1cc(OCc2ccccc2)c([C@@H](N)[C@@H](O)C2CCC2)cc1OC.Cl. The third-order valence-corrected chi connectivity index (χ3v) is 5.11. The smallest absolute Gasteiger partial charge is 0.164 e. The summed E-state index contributed by atoms with van der Waals surface area (Å²) in [6, 6.07) is 13.0. The molecular formula is C21H28ClNO4. The summed E-state index contributed by atoms with van der Waals surface area (Å²) in [4.78, 5) is 0. The van der Waals surface area contributed by atoms with Gasteiger partial charge in [-0.05, 0) is 30.4 Å². The summed E-state index contributed by atoms with van der Waals surface area (Å²) >= 11 is 0. The van der Waals surface area contributed by atoms with E-state index in [0.717, 1.165) is 30.4 Å². The Balaban J connectivity index is 0.00000261. The van der Waals surface area contributed by atoms with Crippen molar-refractivity contribution < 1.29 is 19.3 Å². The van der Waals surface area contributed by atoms with Gasteiger partial charge in [-0.2, -0.15) is 0 Å². The predicted octanol–water partition coefficient (Wildman–Crippen LogP) is 3.87. The van der Waals surface area contributed by atoms with Crippen LogP contribution in [0.1, 0.15) is 36.4 Å². The Bertz CT molecular complexity index is 722. The van der Waals surface area contributed by atoms with Crippen LogP contribution in [0, 0.1) is 5.92 Å². The average molecular weight is 394 g/mol. The topological polar surface area (TPSA) is 73.9 Å². The van der Waals surface area contributed by atoms with Crippen LogP contribution in [-0.4, -0.2) is 25.4 Å². The van der Waals surface area contributed by atoms with Gasteiger partial charge in [0.15, 0.2) is 11.5 Å². The van der Waals surface area contributed by atoms with Gasteiger partial charge in [-0.15, -0.1) is 12.4 Å². The molecule has 0 unspecified atom stereocenters. The lowest BCUT2D eigenvalue weighted by atomic mass is 9.77. The van der Waals surface area contributed by atoms with Crippen LogP contribution in [0.2, 0.25) is 0 Å². The number of hydrogen-bond acceptors (Lipinski definition) is 5. The molecule has 2 aromatic carbocycles. The fourth-order valence-corrected chi connectivity index (χ4v) is 3.26. The van der Waals surface area contributed by atoms with E-state index in [2.05, 4.69) is 0 Å². The molecule has 0 aromatic heterocycles. The van der Waals surface area contributed by atoms with Crippen molar-refractivity contribution in [1.29, 1.82) is 0 Å². The Hall–Kier alpha value is -1.95. The number of nitrogens with two attached hydrogens (primary N) is 1. The van der Waals surface area contributed by atoms with Gasteiger partial charge in [-0.1, -0.05) is 36.8 Å². The van der Waals surface area contributed by atoms with Crippen LogP contribution in [0.5, 0.6) is 17.2 Å². The van der Waals surface area contributed by atoms with Crippen LogP contribution < -0.4 is 19.9 Å². The molecule has 6 heteroatoms. The fraction of sp³-hybridized carbons (Fsp3) is 0.429. The van der Waals surface area contributed by atoms with Crippen molar-refractivity contribution in [2.45, 2.75) is 38.0 Å². The molecular weight excluding hydrogens is 366 g/mol. The van der Waals surface area contributed by atoms with Crippen molar-refractivity contribution in [2.24, 2.45) is 11.7 Å². The van der Waals surface area contributed by atoms with E-state index in [1.807, 2.05) is 36.4 Å². The zero-order valence-electron chi connectivity index (χ0n) is 15.8. The van der Waals surface area contributed by atoms with Gasteiger partial charge < -0.3 is 25.1 Å². The minimum Gasteiger partial charge on any atom is -0.493 e. The maximum Gasteiger partial charge on any atom is 0.164 e. The molecule has 27 heavy (non-hydrogen) atoms. The van der Waals surface area contributed by atoms with Gasteiger partial charge in [-0.25, -0.2) is 0 Å². The molecule has 0 bridgehead atoms. The monoisotopic (exact) mass is 393 g/mol. The van der Waals surface area contributed by atoms with E-state index < -0.39 is 12.1 Å². The first-order chi connectivity index (χ1) is 12.6. The largest absolute Gasteiger partial charge is 0.493 e. The number of rotatable bonds is 8. The molecule has 1 fully saturated rings. The van der Waals surface area contributed by atoms with E-state index in [1.54, 1.807) is 20.3 Å². The molecule has 5 nitrogen and oxygen atoms in total. The molecule has 2 atom stereocenters. The van der Waals surface area contributed by atoms with Gasteiger partial charge in [0, 0.05) is 11.6 Å². The standard InChI is InChI=1S/C21H27NO4.ClH/c1-24-18-11-16(20(22)21(23)15-9-6-10-15)17(12-19(18)25-2)26-13-14-7-4-3-5-8-14;/h3-5,7-8,11-12,15,20-21,23H,6,9-10,13,22H2,1-2H3;1H/t20-,21+;/m1./s1. The number of methoxy groups -OCH3 is 2. The van der Waals surface area contributed by atoms with Gasteiger partial charge in [0.05, 0.1) is 26.4 Å². The summed E-state index contributed by atoms with van der Waals surface area (Å²) < 4.78 is 16.8. The molecule has 0 radical (unpaired) electrons. The predicted molar refractivity (Wildman–Crippen MR) is 108 cm³/mol. The molecule has 1 saturated carbocycles. The third kappa shape index (κ3) is 4.86. The van der Waals surface area contributed by atoms with E-state index in [9.17, 15) is 5.11 Å². The van der Waals surface area contributed by atoms with Crippen molar-refractivity contribution in [2.75, 3.05) is 14.2 Å². The molecule has 0 amide bonds. The first kappa shape index (κ1) is 21.4. The highest BCUT2D eigenvalue weighted by Gasteiger charge is 2.32. The molecule has 0 saturated heterocycles. The maximum atomic E-state index is 10.6. The number of aliphatic hydroxyl groups excluding tert-OH is 1. The van der Waals surface area contributed by atoms with E-state index in [1.165, 1.54) is 0 Å². The van der Waals surface area contributed by atoms with E-state index in [0.29, 0.717) is 23.9 Å². The van der Waals surface area contributed by atoms with Crippen molar-refractivity contribution in [3.63, 3.8) is 0 Å². The Morgan fingerprint density at radius 2 is 1.67 bits per heavy atom. The minimum absolute atomic E-state index is 0. The summed E-state index contributed by atoms with van der Waals surface area (Å²) in [6.07, 6.45) is 2.59. The zero-order chi connectivity index (χ0) is 18.5. The third-order valence-electron chi connectivity index (χ3n) is 5.11. The van der Waals surface area contributed by atoms with Gasteiger partial charge in [0.2, 0.25) is 0 Å². The fourth-order valence-electron chi connectivity index (χ4n) is 3.26. The molecule has 1 aliphatic carbocycles. The van der Waals surface area contributed by atoms with Gasteiger partial charge in [-0.3, -0.25) is 0 Å². The molecule has 0 aliphatic heterocycles. The molecule has 0 spiro atoms. The van der Waals surface area contributed by atoms with E-state index >= 15 is 0 Å². The summed E-state index contributed by atoms with van der Waals surface area (Å²) in [5.41, 5.74) is 8.20. The van der Waals surface area contributed by atoms with Crippen LogP contribution in [0.15, 0.2) is 42.5 Å². The second kappa shape index (κ2) is 9.83. The number of aliphatic hydroxyl groups is 1. The van der Waals surface area contributed by atoms with Gasteiger partial charge >= 0.3 is 0 Å². The van der Waals surface area contributed by atoms with Gasteiger partial charge in [0.1, 0.15) is 12.4 Å². The van der Waals surface area contributed by atoms with E-state index in [-0.39, 0.29) is 18.3 Å². The Morgan fingerprint density at radius 1 is 1.04 bits per heavy atom. The van der Waals surface area contributed by atoms with Crippen LogP contribution in [0.4, 0.5) is 0 Å². The maximum absolute atomic E-state index is 10.6. The van der Waals surface area contributed by atoms with Crippen molar-refractivity contribution in [3.05, 3.63) is 53.6 Å². The van der Waals surface area contributed by atoms with Crippen LogP contribution in [-0.2, 0) is 6.61 Å². The number of hydrogen-bond donors (Lipinski definition) is 2. The summed E-state index contributed by atoms with van der Waals surface area (Å²) in [5.74, 6) is 2.01. The minimum atomic E-state index is -0.596. The molecule has 0 heterocycles. The first-order valence-electron chi connectivity index (χ1n) is 9.00. The Morgan fingerprint density at radius 3 is 2.22 bits per heavy atom. The molecule has 3 N–H and O–H groups in total. The lowest BCUT2D eigenvalue weighted by Crippen LogP contribution is -2.36. The van der Waals surface area contributed by atoms with Crippen molar-refractivity contribution in [3.8, 4) is 17.2 Å². The first-order valence-corrected chi connectivity index (χ1v) is 9.00.